The van der Waals surface area contributed by atoms with E-state index in [9.17, 15) is 9.59 Å². The number of rotatable bonds is 6. The highest BCUT2D eigenvalue weighted by molar-refractivity contribution is 7.20. The third-order valence-corrected chi connectivity index (χ3v) is 5.05. The summed E-state index contributed by atoms with van der Waals surface area (Å²) in [5.41, 5.74) is 2.31. The lowest BCUT2D eigenvalue weighted by molar-refractivity contribution is -0.108. The minimum atomic E-state index is 0.136. The molecule has 0 saturated carbocycles. The van der Waals surface area contributed by atoms with Gasteiger partial charge in [0.2, 0.25) is 0 Å². The van der Waals surface area contributed by atoms with E-state index in [1.54, 1.807) is 18.3 Å². The molecular weight excluding hydrogens is 372 g/mol. The van der Waals surface area contributed by atoms with Crippen LogP contribution in [0.15, 0.2) is 54.6 Å². The predicted molar refractivity (Wildman–Crippen MR) is 118 cm³/mol. The van der Waals surface area contributed by atoms with Crippen LogP contribution in [-0.4, -0.2) is 49.8 Å². The normalized spacial score (nSPS) is 9.79. The van der Waals surface area contributed by atoms with Gasteiger partial charge in [-0.1, -0.05) is 30.3 Å². The summed E-state index contributed by atoms with van der Waals surface area (Å²) >= 11 is 1.55. The third-order valence-electron chi connectivity index (χ3n) is 3.83. The molecule has 0 atom stereocenters. The van der Waals surface area contributed by atoms with Crippen LogP contribution in [0.2, 0.25) is 0 Å². The molecule has 1 heterocycles. The van der Waals surface area contributed by atoms with Crippen molar-refractivity contribution >= 4 is 39.2 Å². The molecule has 0 amide bonds. The van der Waals surface area contributed by atoms with Gasteiger partial charge in [0, 0.05) is 31.1 Å². The second-order valence-electron chi connectivity index (χ2n) is 6.02. The second kappa shape index (κ2) is 12.8. The van der Waals surface area contributed by atoms with Crippen LogP contribution < -0.4 is 5.32 Å². The number of aldehydes is 1. The predicted octanol–water partition coefficient (Wildman–Crippen LogP) is 4.07. The van der Waals surface area contributed by atoms with Gasteiger partial charge in [0.05, 0.1) is 11.4 Å². The van der Waals surface area contributed by atoms with Crippen molar-refractivity contribution in [2.45, 2.75) is 13.5 Å². The first-order chi connectivity index (χ1) is 13.5. The second-order valence-corrected chi connectivity index (χ2v) is 7.10. The fourth-order valence-electron chi connectivity index (χ4n) is 2.46. The summed E-state index contributed by atoms with van der Waals surface area (Å²) in [6.07, 6.45) is 0.920. The Bertz CT molecular complexity index is 863. The maximum Gasteiger partial charge on any atom is 0.169 e. The van der Waals surface area contributed by atoms with Crippen molar-refractivity contribution in [2.75, 3.05) is 33.1 Å². The topological polar surface area (TPSA) is 69.6 Å². The Hall–Kier alpha value is -2.54. The summed E-state index contributed by atoms with van der Waals surface area (Å²) in [5, 5.41) is 11.2. The van der Waals surface area contributed by atoms with E-state index in [1.165, 1.54) is 5.56 Å². The van der Waals surface area contributed by atoms with Crippen molar-refractivity contribution in [3.8, 4) is 0 Å². The average Bonchev–Trinajstić information content (AvgIpc) is 3.14. The van der Waals surface area contributed by atoms with E-state index in [0.717, 1.165) is 40.6 Å². The van der Waals surface area contributed by atoms with Crippen molar-refractivity contribution < 1.29 is 14.7 Å². The highest BCUT2D eigenvalue weighted by Gasteiger charge is 2.05. The summed E-state index contributed by atoms with van der Waals surface area (Å²) in [6, 6.07) is 18.2. The minimum absolute atomic E-state index is 0.136. The first kappa shape index (κ1) is 23.5. The molecule has 0 radical (unpaired) electrons. The first-order valence-electron chi connectivity index (χ1n) is 8.86. The Morgan fingerprint density at radius 3 is 2.39 bits per heavy atom. The Kier molecular flexibility index (Phi) is 10.7. The van der Waals surface area contributed by atoms with E-state index in [1.807, 2.05) is 55.4 Å². The van der Waals surface area contributed by atoms with E-state index in [4.69, 9.17) is 5.11 Å². The quantitative estimate of drug-likeness (QED) is 0.482. The van der Waals surface area contributed by atoms with E-state index in [-0.39, 0.29) is 5.78 Å². The number of hydrogen-bond donors (Lipinski definition) is 2. The van der Waals surface area contributed by atoms with Crippen LogP contribution in [0.4, 0.5) is 5.69 Å². The van der Waals surface area contributed by atoms with Crippen LogP contribution in [0.5, 0.6) is 0 Å². The fourth-order valence-corrected chi connectivity index (χ4v) is 3.40. The molecule has 0 spiro atoms. The molecule has 0 aliphatic heterocycles. The lowest BCUT2D eigenvalue weighted by Crippen LogP contribution is -2.19. The summed E-state index contributed by atoms with van der Waals surface area (Å²) in [6.45, 7) is 2.93. The molecule has 6 heteroatoms. The maximum absolute atomic E-state index is 11.2. The number of carbonyl (C=O) groups is 2. The molecule has 3 aromatic rings. The molecule has 0 unspecified atom stereocenters. The molecule has 2 aromatic carbocycles. The number of nitrogens with zero attached hydrogens (tertiary/aromatic N) is 1. The van der Waals surface area contributed by atoms with Gasteiger partial charge in [0.25, 0.3) is 0 Å². The van der Waals surface area contributed by atoms with Crippen LogP contribution in [-0.2, 0) is 11.3 Å². The molecule has 150 valence electrons. The number of carbonyl (C=O) groups excluding carboxylic acids is 2. The van der Waals surface area contributed by atoms with Crippen molar-refractivity contribution in [3.05, 3.63) is 65.0 Å². The summed E-state index contributed by atoms with van der Waals surface area (Å²) in [7, 11) is 4.82. The van der Waals surface area contributed by atoms with Crippen molar-refractivity contribution in [3.63, 3.8) is 0 Å². The number of benzene rings is 2. The molecule has 28 heavy (non-hydrogen) atoms. The van der Waals surface area contributed by atoms with Gasteiger partial charge in [-0.05, 0) is 49.2 Å². The number of Topliss-reactive ketones (excluding diaryl/α,β-unsaturated/α-hetero) is 1. The number of aliphatic hydroxyl groups excluding tert-OH is 1. The lowest BCUT2D eigenvalue weighted by atomic mass is 10.2. The average molecular weight is 401 g/mol. The van der Waals surface area contributed by atoms with Crippen LogP contribution in [0.25, 0.3) is 10.1 Å². The van der Waals surface area contributed by atoms with Crippen LogP contribution in [0.3, 0.4) is 0 Å². The molecule has 0 aliphatic rings. The van der Waals surface area contributed by atoms with E-state index < -0.39 is 0 Å². The van der Waals surface area contributed by atoms with E-state index in [2.05, 4.69) is 23.5 Å². The minimum Gasteiger partial charge on any atom is -0.400 e. The van der Waals surface area contributed by atoms with Gasteiger partial charge in [0.1, 0.15) is 6.29 Å². The zero-order valence-corrected chi connectivity index (χ0v) is 17.6. The molecular formula is C22H28N2O3S. The molecule has 1 aromatic heterocycles. The number of aliphatic hydroxyl groups is 1. The lowest BCUT2D eigenvalue weighted by Gasteiger charge is -2.12. The maximum atomic E-state index is 11.2. The number of hydrogen-bond acceptors (Lipinski definition) is 6. The van der Waals surface area contributed by atoms with Crippen molar-refractivity contribution in [2.24, 2.45) is 0 Å². The Labute approximate surface area is 170 Å². The zero-order valence-electron chi connectivity index (χ0n) is 16.8. The van der Waals surface area contributed by atoms with Crippen molar-refractivity contribution in [1.29, 1.82) is 0 Å². The van der Waals surface area contributed by atoms with Gasteiger partial charge < -0.3 is 15.2 Å². The van der Waals surface area contributed by atoms with Gasteiger partial charge >= 0.3 is 0 Å². The summed E-state index contributed by atoms with van der Waals surface area (Å²) in [5.74, 6) is 0.136. The summed E-state index contributed by atoms with van der Waals surface area (Å²) < 4.78 is 1.16. The van der Waals surface area contributed by atoms with Gasteiger partial charge in [-0.3, -0.25) is 9.69 Å². The molecule has 0 aliphatic carbocycles. The van der Waals surface area contributed by atoms with Gasteiger partial charge in [-0.2, -0.15) is 0 Å². The number of likely N-dealkylation sites (N-methyl/N-ethyl adjacent to an activating group) is 1. The smallest absolute Gasteiger partial charge is 0.169 e. The molecule has 0 bridgehead atoms. The third kappa shape index (κ3) is 7.60. The number of anilines is 1. The molecule has 0 fully saturated rings. The largest absolute Gasteiger partial charge is 0.400 e. The SMILES string of the molecule is CN(CC=O)Cc1ccccc1.CNc1ccc2sc(C(C)=O)cc2c1.CO. The van der Waals surface area contributed by atoms with Gasteiger partial charge in [-0.25, -0.2) is 0 Å². The molecule has 5 nitrogen and oxygen atoms in total. The molecule has 2 N–H and O–H groups in total. The fraction of sp³-hybridized carbons (Fsp3) is 0.273. The standard InChI is InChI=1S/C11H11NOS.C10H13NO.CH4O/c1-7(13)11-6-8-5-9(12-2)3-4-10(8)14-11;1-11(7-8-12)9-10-5-3-2-4-6-10;1-2/h3-6,12H,1-2H3;2-6,8H,7,9H2,1H3;2H,1H3. The first-order valence-corrected chi connectivity index (χ1v) is 9.68. The Morgan fingerprint density at radius 2 is 1.82 bits per heavy atom. The van der Waals surface area contributed by atoms with Gasteiger partial charge in [-0.15, -0.1) is 11.3 Å². The number of ketones is 1. The highest BCUT2D eigenvalue weighted by Crippen LogP contribution is 2.28. The van der Waals surface area contributed by atoms with E-state index in [0.29, 0.717) is 6.54 Å². The number of fused-ring (bicyclic) bond motifs is 1. The highest BCUT2D eigenvalue weighted by atomic mass is 32.1. The summed E-state index contributed by atoms with van der Waals surface area (Å²) in [4.78, 5) is 24.1. The molecule has 0 saturated heterocycles. The van der Waals surface area contributed by atoms with Crippen LogP contribution in [0.1, 0.15) is 22.2 Å². The van der Waals surface area contributed by atoms with Crippen LogP contribution in [0, 0.1) is 0 Å². The Balaban J connectivity index is 0.000000260. The monoisotopic (exact) mass is 400 g/mol. The Morgan fingerprint density at radius 1 is 1.14 bits per heavy atom. The molecule has 3 rings (SSSR count). The number of nitrogens with one attached hydrogen (secondary N) is 1. The van der Waals surface area contributed by atoms with Crippen LogP contribution >= 0.6 is 11.3 Å². The van der Waals surface area contributed by atoms with E-state index >= 15 is 0 Å². The van der Waals surface area contributed by atoms with Gasteiger partial charge in [0.15, 0.2) is 5.78 Å². The number of thiophene rings is 1. The van der Waals surface area contributed by atoms with Crippen molar-refractivity contribution in [1.82, 2.24) is 4.90 Å². The zero-order chi connectivity index (χ0) is 20.9.